The summed E-state index contributed by atoms with van der Waals surface area (Å²) in [5, 5.41) is 3.34. The van der Waals surface area contributed by atoms with Crippen LogP contribution >= 0.6 is 11.6 Å². The number of hydrogen-bond acceptors (Lipinski definition) is 4. The van der Waals surface area contributed by atoms with E-state index < -0.39 is 0 Å². The van der Waals surface area contributed by atoms with E-state index in [1.807, 2.05) is 4.90 Å². The summed E-state index contributed by atoms with van der Waals surface area (Å²) < 4.78 is 5.73. The number of nitrogens with one attached hydrogen (secondary N) is 1. The number of aromatic nitrogens is 1. The molecule has 3 heterocycles. The van der Waals surface area contributed by atoms with Crippen molar-refractivity contribution < 1.29 is 9.53 Å². The topological polar surface area (TPSA) is 54.5 Å². The van der Waals surface area contributed by atoms with Gasteiger partial charge in [-0.2, -0.15) is 0 Å². The van der Waals surface area contributed by atoms with E-state index in [1.54, 1.807) is 19.3 Å². The van der Waals surface area contributed by atoms with Crippen LogP contribution in [0.25, 0.3) is 0 Å². The fraction of sp³-hybridized carbons (Fsp3) is 0.538. The Kier molecular flexibility index (Phi) is 3.33. The minimum absolute atomic E-state index is 0.0164. The highest BCUT2D eigenvalue weighted by atomic mass is 35.5. The van der Waals surface area contributed by atoms with E-state index in [-0.39, 0.29) is 18.1 Å². The lowest BCUT2D eigenvalue weighted by Gasteiger charge is -2.32. The Hall–Kier alpha value is -1.33. The lowest BCUT2D eigenvalue weighted by atomic mass is 10.2. The second kappa shape index (κ2) is 4.98. The van der Waals surface area contributed by atoms with Gasteiger partial charge in [-0.1, -0.05) is 11.6 Å². The quantitative estimate of drug-likeness (QED) is 0.898. The molecule has 0 spiro atoms. The molecule has 1 aromatic heterocycles. The van der Waals surface area contributed by atoms with E-state index in [0.717, 1.165) is 12.8 Å². The van der Waals surface area contributed by atoms with E-state index in [2.05, 4.69) is 10.3 Å². The summed E-state index contributed by atoms with van der Waals surface area (Å²) in [6.45, 7) is 1.33. The number of carbonyl (C=O) groups is 1. The molecular formula is C13H16ClN3O2. The highest BCUT2D eigenvalue weighted by molar-refractivity contribution is 6.33. The van der Waals surface area contributed by atoms with Gasteiger partial charge in [0.1, 0.15) is 5.82 Å². The van der Waals surface area contributed by atoms with Crippen molar-refractivity contribution in [3.05, 3.63) is 22.8 Å². The number of anilines is 1. The van der Waals surface area contributed by atoms with E-state index in [4.69, 9.17) is 16.3 Å². The number of fused-ring (bicyclic) bond motifs is 2. The molecule has 1 amide bonds. The molecule has 1 N–H and O–H groups in total. The highest BCUT2D eigenvalue weighted by Gasteiger charge is 2.36. The van der Waals surface area contributed by atoms with Gasteiger partial charge in [-0.05, 0) is 18.9 Å². The second-order valence-electron chi connectivity index (χ2n) is 4.97. The van der Waals surface area contributed by atoms with Gasteiger partial charge in [0.15, 0.2) is 0 Å². The van der Waals surface area contributed by atoms with Gasteiger partial charge in [0.2, 0.25) is 0 Å². The average Bonchev–Trinajstić information content (AvgIpc) is 2.76. The van der Waals surface area contributed by atoms with Crippen molar-refractivity contribution in [2.75, 3.05) is 25.5 Å². The van der Waals surface area contributed by atoms with Crippen LogP contribution in [0.3, 0.4) is 0 Å². The van der Waals surface area contributed by atoms with Crippen molar-refractivity contribution >= 4 is 23.3 Å². The standard InChI is InChI=1S/C13H16ClN3O2/c1-15-12-11(14)4-8(5-16-12)13(18)17-6-9-2-3-10(7-17)19-9/h4-5,9-10H,2-3,6-7H2,1H3,(H,15,16). The molecule has 1 aromatic rings. The Morgan fingerprint density at radius 2 is 2.16 bits per heavy atom. The number of pyridine rings is 1. The van der Waals surface area contributed by atoms with Crippen LogP contribution in [0, 0.1) is 0 Å². The van der Waals surface area contributed by atoms with Crippen LogP contribution in [0.15, 0.2) is 12.3 Å². The van der Waals surface area contributed by atoms with Crippen LogP contribution in [-0.2, 0) is 4.74 Å². The Morgan fingerprint density at radius 3 is 2.74 bits per heavy atom. The maximum atomic E-state index is 12.4. The molecule has 2 unspecified atom stereocenters. The maximum absolute atomic E-state index is 12.4. The van der Waals surface area contributed by atoms with Gasteiger partial charge in [-0.3, -0.25) is 4.79 Å². The van der Waals surface area contributed by atoms with Crippen molar-refractivity contribution in [3.63, 3.8) is 0 Å². The van der Waals surface area contributed by atoms with E-state index in [0.29, 0.717) is 29.5 Å². The van der Waals surface area contributed by atoms with Gasteiger partial charge in [0.25, 0.3) is 5.91 Å². The number of morpholine rings is 1. The first kappa shape index (κ1) is 12.7. The van der Waals surface area contributed by atoms with Gasteiger partial charge >= 0.3 is 0 Å². The molecule has 2 fully saturated rings. The summed E-state index contributed by atoms with van der Waals surface area (Å²) in [5.74, 6) is 0.567. The first-order valence-corrected chi connectivity index (χ1v) is 6.83. The van der Waals surface area contributed by atoms with Crippen molar-refractivity contribution in [1.29, 1.82) is 0 Å². The third kappa shape index (κ3) is 2.40. The van der Waals surface area contributed by atoms with Crippen LogP contribution in [-0.4, -0.2) is 48.1 Å². The SMILES string of the molecule is CNc1ncc(C(=O)N2CC3CCC(C2)O3)cc1Cl. The molecule has 0 aliphatic carbocycles. The lowest BCUT2D eigenvalue weighted by molar-refractivity contribution is -0.0303. The maximum Gasteiger partial charge on any atom is 0.255 e. The number of hydrogen-bond donors (Lipinski definition) is 1. The summed E-state index contributed by atoms with van der Waals surface area (Å²) in [6, 6.07) is 1.67. The molecule has 3 rings (SSSR count). The molecule has 2 saturated heterocycles. The smallest absolute Gasteiger partial charge is 0.255 e. The first-order chi connectivity index (χ1) is 9.17. The number of rotatable bonds is 2. The zero-order valence-electron chi connectivity index (χ0n) is 10.7. The number of likely N-dealkylation sites (tertiary alicyclic amines) is 1. The number of amides is 1. The van der Waals surface area contributed by atoms with Crippen molar-refractivity contribution in [1.82, 2.24) is 9.88 Å². The van der Waals surface area contributed by atoms with Crippen LogP contribution < -0.4 is 5.32 Å². The molecule has 2 aliphatic rings. The summed E-state index contributed by atoms with van der Waals surface area (Å²) in [4.78, 5) is 18.4. The van der Waals surface area contributed by atoms with E-state index >= 15 is 0 Å². The van der Waals surface area contributed by atoms with Gasteiger partial charge in [-0.15, -0.1) is 0 Å². The number of nitrogens with zero attached hydrogens (tertiary/aromatic N) is 2. The Bertz CT molecular complexity index is 497. The molecule has 0 radical (unpaired) electrons. The van der Waals surface area contributed by atoms with Gasteiger partial charge in [0, 0.05) is 26.3 Å². The predicted octanol–water partition coefficient (Wildman–Crippen LogP) is 1.78. The Labute approximate surface area is 116 Å². The fourth-order valence-electron chi connectivity index (χ4n) is 2.70. The minimum atomic E-state index is -0.0164. The van der Waals surface area contributed by atoms with Crippen LogP contribution in [0.2, 0.25) is 5.02 Å². The number of halogens is 1. The van der Waals surface area contributed by atoms with Crippen LogP contribution in [0.4, 0.5) is 5.82 Å². The summed E-state index contributed by atoms with van der Waals surface area (Å²) in [6.07, 6.45) is 4.06. The molecule has 6 heteroatoms. The normalized spacial score (nSPS) is 25.5. The summed E-state index contributed by atoms with van der Waals surface area (Å²) in [7, 11) is 1.75. The average molecular weight is 282 g/mol. The Morgan fingerprint density at radius 1 is 1.47 bits per heavy atom. The molecule has 19 heavy (non-hydrogen) atoms. The van der Waals surface area contributed by atoms with Gasteiger partial charge < -0.3 is 15.0 Å². The molecule has 2 aliphatic heterocycles. The third-order valence-corrected chi connectivity index (χ3v) is 3.94. The van der Waals surface area contributed by atoms with Crippen molar-refractivity contribution in [2.24, 2.45) is 0 Å². The predicted molar refractivity (Wildman–Crippen MR) is 72.6 cm³/mol. The van der Waals surface area contributed by atoms with Crippen molar-refractivity contribution in [3.8, 4) is 0 Å². The molecular weight excluding hydrogens is 266 g/mol. The van der Waals surface area contributed by atoms with Gasteiger partial charge in [-0.25, -0.2) is 4.98 Å². The third-order valence-electron chi connectivity index (χ3n) is 3.66. The number of ether oxygens (including phenoxy) is 1. The largest absolute Gasteiger partial charge is 0.372 e. The first-order valence-electron chi connectivity index (χ1n) is 6.45. The molecule has 5 nitrogen and oxygen atoms in total. The van der Waals surface area contributed by atoms with Crippen LogP contribution in [0.5, 0.6) is 0 Å². The molecule has 2 bridgehead atoms. The molecule has 102 valence electrons. The second-order valence-corrected chi connectivity index (χ2v) is 5.38. The van der Waals surface area contributed by atoms with E-state index in [9.17, 15) is 4.79 Å². The highest BCUT2D eigenvalue weighted by Crippen LogP contribution is 2.28. The lowest BCUT2D eigenvalue weighted by Crippen LogP contribution is -2.45. The molecule has 0 saturated carbocycles. The molecule has 2 atom stereocenters. The summed E-state index contributed by atoms with van der Waals surface area (Å²) in [5.41, 5.74) is 0.533. The number of carbonyl (C=O) groups excluding carboxylic acids is 1. The van der Waals surface area contributed by atoms with Crippen molar-refractivity contribution in [2.45, 2.75) is 25.0 Å². The fourth-order valence-corrected chi connectivity index (χ4v) is 2.96. The van der Waals surface area contributed by atoms with Gasteiger partial charge in [0.05, 0.1) is 22.8 Å². The van der Waals surface area contributed by atoms with Crippen LogP contribution in [0.1, 0.15) is 23.2 Å². The molecule has 0 aromatic carbocycles. The minimum Gasteiger partial charge on any atom is -0.372 e. The Balaban J connectivity index is 1.78. The monoisotopic (exact) mass is 281 g/mol. The van der Waals surface area contributed by atoms with E-state index in [1.165, 1.54) is 0 Å². The summed E-state index contributed by atoms with van der Waals surface area (Å²) >= 11 is 6.06. The zero-order valence-corrected chi connectivity index (χ0v) is 11.5. The zero-order chi connectivity index (χ0) is 13.4.